The molecule has 0 aliphatic carbocycles. The van der Waals surface area contributed by atoms with E-state index < -0.39 is 339 Å². The number of benzene rings is 1. The van der Waals surface area contributed by atoms with Crippen LogP contribution in [0.5, 0.6) is 0 Å². The summed E-state index contributed by atoms with van der Waals surface area (Å²) in [5, 5.41) is 2.98. The molecule has 120 heavy (non-hydrogen) atoms. The van der Waals surface area contributed by atoms with Crippen molar-refractivity contribution in [1.82, 2.24) is 10.6 Å². The highest BCUT2D eigenvalue weighted by molar-refractivity contribution is 7.84. The minimum absolute atomic E-state index is 0.503. The number of carbonyl (C=O) groups is 2. The summed E-state index contributed by atoms with van der Waals surface area (Å²) >= 11 is 0. The van der Waals surface area contributed by atoms with Gasteiger partial charge >= 0.3 is 166 Å². The maximum Gasteiger partial charge on any atom is 0.398 e. The van der Waals surface area contributed by atoms with Crippen LogP contribution in [0.25, 0.3) is 0 Å². The Bertz CT molecular complexity index is 5410. The molecule has 18 N–H and O–H groups in total. The molecule has 18 atom stereocenters. The number of rotatable bonds is 52. The van der Waals surface area contributed by atoms with Gasteiger partial charge in [0.25, 0.3) is 11.8 Å². The molecule has 3 rings (SSSR count). The van der Waals surface area contributed by atoms with Gasteiger partial charge in [0.2, 0.25) is 0 Å². The normalized spacial score (nSPS) is 23.8. The average Bonchev–Trinajstić information content (AvgIpc) is 0.765. The minimum atomic E-state index is -6.90. The summed E-state index contributed by atoms with van der Waals surface area (Å²) < 4.78 is 632. The Labute approximate surface area is 672 Å². The van der Waals surface area contributed by atoms with Crippen LogP contribution in [0.15, 0.2) is 24.3 Å². The molecule has 72 nitrogen and oxygen atoms in total. The molecule has 706 valence electrons. The zero-order valence-corrected chi connectivity index (χ0v) is 68.7. The molecule has 2 fully saturated rings. The van der Waals surface area contributed by atoms with E-state index in [1.807, 2.05) is 0 Å². The van der Waals surface area contributed by atoms with E-state index in [9.17, 15) is 217 Å². The highest BCUT2D eigenvalue weighted by atomic mass is 32.3. The molecule has 0 unspecified atom stereocenters. The first-order valence-corrected chi connectivity index (χ1v) is 49.7. The van der Waals surface area contributed by atoms with Crippen LogP contribution >= 0.6 is 0 Å². The number of nitrogens with one attached hydrogen (secondary N) is 2. The summed E-state index contributed by atoms with van der Waals surface area (Å²) in [6.45, 7) is -13.0. The molecule has 0 spiro atoms. The van der Waals surface area contributed by atoms with Gasteiger partial charge in [0.05, 0.1) is 26.4 Å². The van der Waals surface area contributed by atoms with Gasteiger partial charge in [0.1, 0.15) is 73.2 Å². The highest BCUT2D eigenvalue weighted by Gasteiger charge is 2.60. The van der Waals surface area contributed by atoms with Crippen molar-refractivity contribution in [2.75, 3.05) is 26.4 Å². The summed E-state index contributed by atoms with van der Waals surface area (Å²) in [4.78, 5) is 28.8. The lowest BCUT2D eigenvalue weighted by atomic mass is 9.98. The van der Waals surface area contributed by atoms with Crippen molar-refractivity contribution in [3.05, 3.63) is 35.4 Å². The third-order valence-electron chi connectivity index (χ3n) is 12.5. The van der Waals surface area contributed by atoms with Crippen LogP contribution in [-0.2, 0) is 275 Å². The van der Waals surface area contributed by atoms with Crippen LogP contribution in [0.4, 0.5) is 0 Å². The van der Waals surface area contributed by atoms with Crippen LogP contribution in [0, 0.1) is 0 Å². The van der Waals surface area contributed by atoms with E-state index >= 15 is 0 Å². The first-order valence-electron chi connectivity index (χ1n) is 27.8. The van der Waals surface area contributed by atoms with Crippen molar-refractivity contribution in [3.63, 3.8) is 0 Å². The predicted octanol–water partition coefficient (Wildman–Crippen LogP) is -13.3. The lowest BCUT2D eigenvalue weighted by molar-refractivity contribution is -0.312. The lowest BCUT2D eigenvalue weighted by Gasteiger charge is -2.45. The average molecular weight is 2100 g/mol. The van der Waals surface area contributed by atoms with Crippen LogP contribution < -0.4 is 10.6 Å². The maximum absolute atomic E-state index is 14.4. The summed E-state index contributed by atoms with van der Waals surface area (Å²) in [6.07, 6.45) is -70.0. The fraction of sp³-hybridized carbons (Fsp3) is 0.750. The zero-order chi connectivity index (χ0) is 93.3. The van der Waals surface area contributed by atoms with Gasteiger partial charge < -0.3 is 29.6 Å². The first-order chi connectivity index (χ1) is 53.2. The largest absolute Gasteiger partial charge is 0.398 e. The molecule has 2 aliphatic heterocycles. The molecular weight excluding hydrogens is 2050 g/mol. The van der Waals surface area contributed by atoms with Gasteiger partial charge in [-0.25, -0.2) is 66.9 Å². The second kappa shape index (κ2) is 41.3. The smallest absolute Gasteiger partial charge is 0.350 e. The van der Waals surface area contributed by atoms with Crippen molar-refractivity contribution in [3.8, 4) is 0 Å². The van der Waals surface area contributed by atoms with Gasteiger partial charge in [-0.15, -0.1) is 0 Å². The summed E-state index contributed by atoms with van der Waals surface area (Å²) in [5.41, 5.74) is -1.52. The Hall–Kier alpha value is -4.08. The first kappa shape index (κ1) is 110. The molecule has 2 heterocycles. The molecule has 2 amide bonds. The molecule has 0 aromatic heterocycles. The Morgan fingerprint density at radius 1 is 0.300 bits per heavy atom. The van der Waals surface area contributed by atoms with Gasteiger partial charge in [-0.1, -0.05) is 24.3 Å². The van der Waals surface area contributed by atoms with Gasteiger partial charge in [0.15, 0.2) is 37.0 Å². The topological polar surface area (TPSA) is 1110 Å². The van der Waals surface area contributed by atoms with Crippen molar-refractivity contribution in [2.24, 2.45) is 0 Å². The second-order valence-corrected chi connectivity index (χ2v) is 38.3. The van der Waals surface area contributed by atoms with E-state index in [-0.39, 0.29) is 0 Å². The van der Waals surface area contributed by atoms with E-state index in [4.69, 9.17) is 18.9 Å². The van der Waals surface area contributed by atoms with Gasteiger partial charge in [-0.2, -0.15) is 135 Å². The molecule has 88 heteroatoms. The predicted molar refractivity (Wildman–Crippen MR) is 344 cm³/mol. The standard InChI is InChI=1S/C32H52N2O70S16/c35-29(25(101-117(73,74)75)21(97-113(61,62)63)17(15(93-109(49,50)51)9-87-107(43,44)45)91-31-27(103-119(79,80)81)23(99-115(67,68)69)19(95-111(55,56)57)13(89-31)7-85-105(37,38)39)33-5-11-2-1-3-12(4-11)6-34-30(36)26(102-118(76,77)78)22(98-114(64,65)66)18(16(94-110(52,53)54)10-88-108(46,47)48)92-32-28(104-120(82,83)84)24(100-116(70,71)72)20(96-112(58,59)60)14(90-32)8-86-106(40,41)42/h1-4,13-28,31-32H,5-10H2,(H,33,35)(H,34,36)(H,37,38,39)(H,40,41,42)(H,43,44,45)(H,46,47,48)(H,49,50,51)(H,52,53,54)(H,55,56,57)(H,58,59,60)(H,61,62,63)(H,64,65,66)(H,67,68,69)(H,70,71,72)(H,73,74,75)(H,76,77,78)(H,79,80,81)(H,82,83,84)/t13-,14+,15-,16+,17-,18+,19+,20-,21+,22-,23+,24-,25-,26+,27-,28+,31+,32-. The molecule has 0 bridgehead atoms. The van der Waals surface area contributed by atoms with Crippen molar-refractivity contribution in [2.45, 2.75) is 123 Å². The number of carbonyl (C=O) groups excluding carboxylic acids is 2. The Kier molecular flexibility index (Phi) is 37.9. The Balaban J connectivity index is 2.51. The van der Waals surface area contributed by atoms with Crippen molar-refractivity contribution < 1.29 is 303 Å². The van der Waals surface area contributed by atoms with E-state index in [1.54, 1.807) is 0 Å². The number of amides is 2. The molecule has 0 saturated carbocycles. The van der Waals surface area contributed by atoms with E-state index in [2.05, 4.69) is 66.9 Å². The lowest BCUT2D eigenvalue weighted by Crippen LogP contribution is -2.65. The quantitative estimate of drug-likeness (QED) is 0.0269. The minimum Gasteiger partial charge on any atom is -0.350 e. The molecule has 0 radical (unpaired) electrons. The Morgan fingerprint density at radius 2 is 0.542 bits per heavy atom. The summed E-state index contributed by atoms with van der Waals surface area (Å²) in [6, 6.07) is 2.52. The number of hydrogen-bond donors (Lipinski definition) is 18. The number of hydrogen-bond acceptors (Lipinski definition) is 54. The highest BCUT2D eigenvalue weighted by Crippen LogP contribution is 2.38. The maximum atomic E-state index is 14.4. The van der Waals surface area contributed by atoms with Crippen LogP contribution in [0.3, 0.4) is 0 Å². The third kappa shape index (κ3) is 44.9. The molecular formula is C32H52N2O70S16. The fourth-order valence-electron chi connectivity index (χ4n) is 9.11. The fourth-order valence-corrected chi connectivity index (χ4v) is 16.2. The third-order valence-corrected chi connectivity index (χ3v) is 19.9. The molecule has 1 aromatic rings. The monoisotopic (exact) mass is 2100 g/mol. The molecule has 2 aliphatic rings. The van der Waals surface area contributed by atoms with E-state index in [0.29, 0.717) is 24.3 Å². The summed E-state index contributed by atoms with van der Waals surface area (Å²) in [5.74, 6) is -5.29. The second-order valence-electron chi connectivity index (χ2n) is 21.3. The SMILES string of the molecule is O=C(NCc1cccc(CNC(=O)[C@H](OS(=O)(=O)O)[C@@H](OS(=O)(=O)O)[C@H](O[C@@H]2O[C@H](COS(=O)(=O)O)[C@H](OS(=O)(=O)O)[C@H](OS(=O)(=O)O)[C@H]2OS(=O)(=O)O)[C@@H](COS(=O)(=O)O)OS(=O)(=O)O)c1)[C@@H](OS(=O)(=O)O)[C@H](OS(=O)(=O)O)[C@@H](O[C@H]1O[C@@H](COS(=O)(=O)O)[C@@H](OS(=O)(=O)O)[C@@H](OS(=O)(=O)O)[C@@H]1OS(=O)(=O)O)[C@H](COS(=O)(=O)O)OS(=O)(=O)O. The molecule has 1 aromatic carbocycles. The Morgan fingerprint density at radius 3 is 0.775 bits per heavy atom. The van der Waals surface area contributed by atoms with Crippen LogP contribution in [-0.4, -0.2) is 356 Å². The van der Waals surface area contributed by atoms with Crippen LogP contribution in [0.2, 0.25) is 0 Å². The van der Waals surface area contributed by atoms with Crippen molar-refractivity contribution in [1.29, 1.82) is 0 Å². The van der Waals surface area contributed by atoms with E-state index in [1.165, 1.54) is 10.6 Å². The van der Waals surface area contributed by atoms with Gasteiger partial charge in [-0.05, 0) is 11.1 Å². The zero-order valence-electron chi connectivity index (χ0n) is 55.7. The molecule has 2 saturated heterocycles. The van der Waals surface area contributed by atoms with Gasteiger partial charge in [0, 0.05) is 13.1 Å². The number of ether oxygens (including phenoxy) is 4. The van der Waals surface area contributed by atoms with Gasteiger partial charge in [-0.3, -0.25) is 82.4 Å². The van der Waals surface area contributed by atoms with E-state index in [0.717, 1.165) is 0 Å². The van der Waals surface area contributed by atoms with Crippen LogP contribution in [0.1, 0.15) is 11.1 Å². The summed E-state index contributed by atoms with van der Waals surface area (Å²) in [7, 11) is -105. The van der Waals surface area contributed by atoms with Crippen molar-refractivity contribution >= 4 is 178 Å².